The smallest absolute Gasteiger partial charge is 0.278 e. The molecule has 28 heavy (non-hydrogen) atoms. The number of nitrogens with zero attached hydrogens (tertiary/aromatic N) is 4. The van der Waals surface area contributed by atoms with Crippen LogP contribution in [0, 0.1) is 5.92 Å². The number of carbonyl (C=O) groups is 2. The van der Waals surface area contributed by atoms with Crippen LogP contribution in [-0.4, -0.2) is 64.7 Å². The predicted molar refractivity (Wildman–Crippen MR) is 107 cm³/mol. The number of likely N-dealkylation sites (N-methyl/N-ethyl adjacent to an activating group) is 1. The van der Waals surface area contributed by atoms with Crippen molar-refractivity contribution in [2.75, 3.05) is 27.2 Å². The second kappa shape index (κ2) is 8.46. The topological polar surface area (TPSA) is 67.7 Å². The number of likely N-dealkylation sites (tertiary alicyclic amines) is 1. The van der Waals surface area contributed by atoms with Crippen molar-refractivity contribution in [1.82, 2.24) is 19.6 Å². The first-order valence-corrected chi connectivity index (χ1v) is 9.68. The third kappa shape index (κ3) is 4.18. The number of benzene rings is 1. The van der Waals surface area contributed by atoms with Gasteiger partial charge < -0.3 is 14.5 Å². The lowest BCUT2D eigenvalue weighted by Gasteiger charge is -2.25. The van der Waals surface area contributed by atoms with Gasteiger partial charge >= 0.3 is 0 Å². The summed E-state index contributed by atoms with van der Waals surface area (Å²) in [6.45, 7) is 5.14. The van der Waals surface area contributed by atoms with Crippen molar-refractivity contribution in [2.24, 2.45) is 5.92 Å². The molecule has 1 aliphatic heterocycles. The van der Waals surface area contributed by atoms with Crippen molar-refractivity contribution in [2.45, 2.75) is 32.7 Å². The molecule has 1 saturated heterocycles. The fraction of sp³-hybridized carbons (Fsp3) is 0.476. The summed E-state index contributed by atoms with van der Waals surface area (Å²) < 4.78 is 7.55. The molecule has 1 aromatic heterocycles. The molecular weight excluding hydrogens is 356 g/mol. The van der Waals surface area contributed by atoms with E-state index in [1.165, 1.54) is 4.90 Å². The Morgan fingerprint density at radius 3 is 2.61 bits per heavy atom. The van der Waals surface area contributed by atoms with Crippen molar-refractivity contribution < 1.29 is 14.3 Å². The second-order valence-electron chi connectivity index (χ2n) is 7.72. The summed E-state index contributed by atoms with van der Waals surface area (Å²) in [5.41, 5.74) is 1.10. The molecule has 1 unspecified atom stereocenters. The molecule has 2 amide bonds. The van der Waals surface area contributed by atoms with Crippen LogP contribution < -0.4 is 4.74 Å². The van der Waals surface area contributed by atoms with Crippen LogP contribution >= 0.6 is 0 Å². The molecule has 2 aromatic rings. The number of rotatable bonds is 6. The highest BCUT2D eigenvalue weighted by atomic mass is 16.5. The van der Waals surface area contributed by atoms with E-state index in [-0.39, 0.29) is 17.5 Å². The first kappa shape index (κ1) is 19.9. The quantitative estimate of drug-likeness (QED) is 0.768. The molecule has 0 aliphatic carbocycles. The summed E-state index contributed by atoms with van der Waals surface area (Å²) in [6.07, 6.45) is 3.21. The summed E-state index contributed by atoms with van der Waals surface area (Å²) >= 11 is 0. The third-order valence-corrected chi connectivity index (χ3v) is 4.72. The first-order valence-electron chi connectivity index (χ1n) is 9.68. The van der Waals surface area contributed by atoms with Crippen LogP contribution in [0.25, 0.3) is 5.69 Å². The standard InChI is InChI=1S/C21H28N4O3/c1-15(2)14-28-18-13-25(16-9-6-5-7-10-16)22-19(18)21(27)24-12-8-11-17(24)20(26)23(3)4/h5-7,9-10,13,15,17H,8,11-12,14H2,1-4H3. The molecule has 2 heterocycles. The number of ether oxygens (including phenoxy) is 1. The summed E-state index contributed by atoms with van der Waals surface area (Å²) in [5, 5.41) is 4.52. The maximum absolute atomic E-state index is 13.3. The highest BCUT2D eigenvalue weighted by Crippen LogP contribution is 2.27. The van der Waals surface area contributed by atoms with Crippen molar-refractivity contribution >= 4 is 11.8 Å². The van der Waals surface area contributed by atoms with Crippen LogP contribution in [-0.2, 0) is 4.79 Å². The van der Waals surface area contributed by atoms with Crippen LogP contribution in [0.2, 0.25) is 0 Å². The van der Waals surface area contributed by atoms with Crippen LogP contribution in [0.1, 0.15) is 37.2 Å². The number of hydrogen-bond acceptors (Lipinski definition) is 4. The first-order chi connectivity index (χ1) is 13.4. The van der Waals surface area contributed by atoms with Crippen LogP contribution in [0.4, 0.5) is 0 Å². The lowest BCUT2D eigenvalue weighted by atomic mass is 10.2. The zero-order chi connectivity index (χ0) is 20.3. The summed E-state index contributed by atoms with van der Waals surface area (Å²) in [5.74, 6) is 0.451. The largest absolute Gasteiger partial charge is 0.489 e. The molecule has 7 heteroatoms. The van der Waals surface area contributed by atoms with Gasteiger partial charge in [0, 0.05) is 20.6 Å². The van der Waals surface area contributed by atoms with E-state index in [0.717, 1.165) is 12.1 Å². The molecule has 150 valence electrons. The van der Waals surface area contributed by atoms with E-state index in [9.17, 15) is 9.59 Å². The highest BCUT2D eigenvalue weighted by molar-refractivity contribution is 5.98. The summed E-state index contributed by atoms with van der Waals surface area (Å²) in [4.78, 5) is 29.0. The number of para-hydroxylation sites is 1. The molecule has 0 spiro atoms. The molecule has 1 aliphatic rings. The molecule has 0 N–H and O–H groups in total. The minimum atomic E-state index is -0.442. The molecule has 7 nitrogen and oxygen atoms in total. The molecule has 1 aromatic carbocycles. The van der Waals surface area contributed by atoms with E-state index in [1.54, 1.807) is 29.9 Å². The van der Waals surface area contributed by atoms with Crippen molar-refractivity contribution in [3.8, 4) is 11.4 Å². The average Bonchev–Trinajstić information content (AvgIpc) is 3.33. The van der Waals surface area contributed by atoms with Gasteiger partial charge in [0.05, 0.1) is 18.5 Å². The predicted octanol–water partition coefficient (Wildman–Crippen LogP) is 2.60. The Bertz CT molecular complexity index is 829. The molecular formula is C21H28N4O3. The zero-order valence-electron chi connectivity index (χ0n) is 17.0. The van der Waals surface area contributed by atoms with Gasteiger partial charge in [0.25, 0.3) is 5.91 Å². The minimum Gasteiger partial charge on any atom is -0.489 e. The summed E-state index contributed by atoms with van der Waals surface area (Å²) in [6, 6.07) is 9.15. The zero-order valence-corrected chi connectivity index (χ0v) is 17.0. The summed E-state index contributed by atoms with van der Waals surface area (Å²) in [7, 11) is 3.43. The van der Waals surface area contributed by atoms with E-state index < -0.39 is 6.04 Å². The van der Waals surface area contributed by atoms with E-state index >= 15 is 0 Å². The highest BCUT2D eigenvalue weighted by Gasteiger charge is 2.37. The Labute approximate surface area is 165 Å². The van der Waals surface area contributed by atoms with Crippen LogP contribution in [0.3, 0.4) is 0 Å². The van der Waals surface area contributed by atoms with Crippen LogP contribution in [0.15, 0.2) is 36.5 Å². The van der Waals surface area contributed by atoms with Gasteiger partial charge in [0.15, 0.2) is 11.4 Å². The maximum Gasteiger partial charge on any atom is 0.278 e. The van der Waals surface area contributed by atoms with Gasteiger partial charge in [-0.25, -0.2) is 4.68 Å². The number of hydrogen-bond donors (Lipinski definition) is 0. The maximum atomic E-state index is 13.3. The van der Waals surface area contributed by atoms with Crippen molar-refractivity contribution in [3.05, 3.63) is 42.2 Å². The Kier molecular flexibility index (Phi) is 6.02. The van der Waals surface area contributed by atoms with Crippen molar-refractivity contribution in [3.63, 3.8) is 0 Å². The Morgan fingerprint density at radius 2 is 1.96 bits per heavy atom. The van der Waals surface area contributed by atoms with Gasteiger partial charge in [0.1, 0.15) is 6.04 Å². The number of aromatic nitrogens is 2. The second-order valence-corrected chi connectivity index (χ2v) is 7.72. The van der Waals surface area contributed by atoms with Gasteiger partial charge in [-0.1, -0.05) is 32.0 Å². The lowest BCUT2D eigenvalue weighted by Crippen LogP contribution is -2.45. The molecule has 3 rings (SSSR count). The lowest BCUT2D eigenvalue weighted by molar-refractivity contribution is -0.132. The number of carbonyl (C=O) groups excluding carboxylic acids is 2. The van der Waals surface area contributed by atoms with E-state index in [4.69, 9.17) is 4.74 Å². The van der Waals surface area contributed by atoms with E-state index in [0.29, 0.717) is 31.2 Å². The van der Waals surface area contributed by atoms with Gasteiger partial charge in [-0.15, -0.1) is 0 Å². The van der Waals surface area contributed by atoms with Gasteiger partial charge in [-0.05, 0) is 30.9 Å². The third-order valence-electron chi connectivity index (χ3n) is 4.72. The molecule has 0 bridgehead atoms. The van der Waals surface area contributed by atoms with Crippen molar-refractivity contribution in [1.29, 1.82) is 0 Å². The van der Waals surface area contributed by atoms with Gasteiger partial charge in [-0.3, -0.25) is 9.59 Å². The minimum absolute atomic E-state index is 0.0574. The van der Waals surface area contributed by atoms with E-state index in [2.05, 4.69) is 18.9 Å². The normalized spacial score (nSPS) is 16.5. The molecule has 1 atom stereocenters. The average molecular weight is 384 g/mol. The fourth-order valence-electron chi connectivity index (χ4n) is 3.28. The van der Waals surface area contributed by atoms with E-state index in [1.807, 2.05) is 30.3 Å². The fourth-order valence-corrected chi connectivity index (χ4v) is 3.28. The SMILES string of the molecule is CC(C)COc1cn(-c2ccccc2)nc1C(=O)N1CCCC1C(=O)N(C)C. The molecule has 0 saturated carbocycles. The molecule has 0 radical (unpaired) electrons. The number of amides is 2. The van der Waals surface area contributed by atoms with Gasteiger partial charge in [0.2, 0.25) is 5.91 Å². The Morgan fingerprint density at radius 1 is 1.25 bits per heavy atom. The van der Waals surface area contributed by atoms with Gasteiger partial charge in [-0.2, -0.15) is 5.10 Å². The monoisotopic (exact) mass is 384 g/mol. The Hall–Kier alpha value is -2.83. The van der Waals surface area contributed by atoms with Crippen LogP contribution in [0.5, 0.6) is 5.75 Å². The Balaban J connectivity index is 1.93. The molecule has 1 fully saturated rings.